The van der Waals surface area contributed by atoms with E-state index < -0.39 is 5.97 Å². The van der Waals surface area contributed by atoms with Crippen molar-refractivity contribution in [2.24, 2.45) is 0 Å². The summed E-state index contributed by atoms with van der Waals surface area (Å²) in [6.45, 7) is 0. The molecule has 0 fully saturated rings. The van der Waals surface area contributed by atoms with Crippen LogP contribution in [0.2, 0.25) is 5.02 Å². The number of hydroxylamine groups is 1. The predicted molar refractivity (Wildman–Crippen MR) is 79.0 cm³/mol. The van der Waals surface area contributed by atoms with Gasteiger partial charge < -0.3 is 5.11 Å². The molecule has 0 atom stereocenters. The van der Waals surface area contributed by atoms with E-state index in [0.717, 1.165) is 10.3 Å². The van der Waals surface area contributed by atoms with Gasteiger partial charge in [0.2, 0.25) is 6.21 Å². The van der Waals surface area contributed by atoms with Gasteiger partial charge in [-0.25, -0.2) is 4.79 Å². The molecule has 4 nitrogen and oxygen atoms in total. The summed E-state index contributed by atoms with van der Waals surface area (Å²) in [5.74, 6) is -0.829. The Labute approximate surface area is 126 Å². The van der Waals surface area contributed by atoms with Gasteiger partial charge in [-0.05, 0) is 29.8 Å². The lowest BCUT2D eigenvalue weighted by molar-refractivity contribution is -0.728. The molecule has 1 heterocycles. The second-order valence-electron chi connectivity index (χ2n) is 4.45. The van der Waals surface area contributed by atoms with Crippen molar-refractivity contribution >= 4 is 29.4 Å². The van der Waals surface area contributed by atoms with Gasteiger partial charge in [-0.2, -0.15) is 4.84 Å². The Bertz CT molecular complexity index is 749. The van der Waals surface area contributed by atoms with Gasteiger partial charge in [0.05, 0.1) is 4.74 Å². The number of aliphatic hydroxyl groups is 1. The van der Waals surface area contributed by atoms with Gasteiger partial charge in [0.25, 0.3) is 0 Å². The highest BCUT2D eigenvalue weighted by molar-refractivity contribution is 6.30. The Hall–Kier alpha value is -2.59. The van der Waals surface area contributed by atoms with Gasteiger partial charge in [-0.1, -0.05) is 41.9 Å². The molecule has 0 saturated heterocycles. The Kier molecular flexibility index (Phi) is 3.46. The quantitative estimate of drug-likeness (QED) is 0.684. The van der Waals surface area contributed by atoms with E-state index in [-0.39, 0.29) is 11.5 Å². The van der Waals surface area contributed by atoms with Crippen LogP contribution in [0.3, 0.4) is 0 Å². The highest BCUT2D eigenvalue weighted by Gasteiger charge is 2.39. The summed E-state index contributed by atoms with van der Waals surface area (Å²) in [5, 5.41) is 10.8. The Morgan fingerprint density at radius 1 is 1.05 bits per heavy atom. The third kappa shape index (κ3) is 2.66. The maximum Gasteiger partial charge on any atom is 0.431 e. The van der Waals surface area contributed by atoms with Crippen molar-refractivity contribution in [2.45, 2.75) is 0 Å². The summed E-state index contributed by atoms with van der Waals surface area (Å²) < 4.78 is 1.05. The van der Waals surface area contributed by atoms with Gasteiger partial charge in [0, 0.05) is 10.6 Å². The normalized spacial score (nSPS) is 16.4. The van der Waals surface area contributed by atoms with Gasteiger partial charge in [-0.3, -0.25) is 0 Å². The van der Waals surface area contributed by atoms with E-state index in [1.807, 2.05) is 6.07 Å². The molecule has 1 aliphatic heterocycles. The van der Waals surface area contributed by atoms with Gasteiger partial charge in [0.1, 0.15) is 0 Å². The number of hydrogen-bond acceptors (Lipinski definition) is 3. The van der Waals surface area contributed by atoms with Crippen molar-refractivity contribution in [3.05, 3.63) is 76.6 Å². The molecule has 1 N–H and O–H groups in total. The van der Waals surface area contributed by atoms with Crippen LogP contribution in [0.4, 0.5) is 0 Å². The lowest BCUT2D eigenvalue weighted by Gasteiger charge is -1.92. The fourth-order valence-corrected chi connectivity index (χ4v) is 2.13. The largest absolute Gasteiger partial charge is 0.456 e. The predicted octanol–water partition coefficient (Wildman–Crippen LogP) is 3.17. The summed E-state index contributed by atoms with van der Waals surface area (Å²) in [5.41, 5.74) is 1.49. The Balaban J connectivity index is 2.01. The number of rotatable bonds is 2. The van der Waals surface area contributed by atoms with Gasteiger partial charge in [-0.15, -0.1) is 0 Å². The molecule has 21 heavy (non-hydrogen) atoms. The third-order valence-corrected chi connectivity index (χ3v) is 3.27. The molecule has 2 aromatic rings. The first kappa shape index (κ1) is 13.4. The van der Waals surface area contributed by atoms with E-state index in [1.165, 1.54) is 6.21 Å². The van der Waals surface area contributed by atoms with Crippen LogP contribution in [0, 0.1) is 0 Å². The highest BCUT2D eigenvalue weighted by atomic mass is 35.5. The molecule has 0 aromatic heterocycles. The molecule has 0 aliphatic carbocycles. The van der Waals surface area contributed by atoms with E-state index in [9.17, 15) is 9.90 Å². The lowest BCUT2D eigenvalue weighted by Crippen LogP contribution is -2.09. The number of nitrogens with zero attached hydrogens (tertiary/aromatic N) is 1. The average molecular weight is 301 g/mol. The molecule has 0 spiro atoms. The molecule has 1 aliphatic rings. The molecule has 0 unspecified atom stereocenters. The van der Waals surface area contributed by atoms with Gasteiger partial charge >= 0.3 is 11.9 Å². The SMILES string of the molecule is O=C1O/[N+](=C\c2ccc(Cl)cc2)C(O)=C1c1ccccc1. The van der Waals surface area contributed by atoms with Crippen LogP contribution >= 0.6 is 11.6 Å². The first-order chi connectivity index (χ1) is 10.1. The van der Waals surface area contributed by atoms with Crippen LogP contribution in [0.5, 0.6) is 0 Å². The lowest BCUT2D eigenvalue weighted by atomic mass is 10.1. The van der Waals surface area contributed by atoms with Crippen molar-refractivity contribution in [2.75, 3.05) is 0 Å². The number of aliphatic hydroxyl groups excluding tert-OH is 1. The molecule has 0 bridgehead atoms. The second kappa shape index (κ2) is 5.42. The molecule has 104 valence electrons. The molecular formula is C16H11ClNO3+. The monoisotopic (exact) mass is 300 g/mol. The van der Waals surface area contributed by atoms with Crippen LogP contribution in [0.1, 0.15) is 11.1 Å². The number of hydrogen-bond donors (Lipinski definition) is 1. The zero-order chi connectivity index (χ0) is 14.8. The molecule has 3 rings (SSSR count). The van der Waals surface area contributed by atoms with Crippen LogP contribution in [0.25, 0.3) is 5.57 Å². The molecule has 0 amide bonds. The molecule has 0 saturated carbocycles. The molecular weight excluding hydrogens is 290 g/mol. The molecule has 2 aromatic carbocycles. The van der Waals surface area contributed by atoms with Crippen LogP contribution in [-0.4, -0.2) is 22.0 Å². The zero-order valence-electron chi connectivity index (χ0n) is 10.9. The minimum atomic E-state index is -0.594. The first-order valence-electron chi connectivity index (χ1n) is 6.26. The summed E-state index contributed by atoms with van der Waals surface area (Å²) in [4.78, 5) is 17.0. The van der Waals surface area contributed by atoms with Crippen molar-refractivity contribution in [3.8, 4) is 0 Å². The smallest absolute Gasteiger partial charge is 0.431 e. The minimum absolute atomic E-state index is 0.140. The fourth-order valence-electron chi connectivity index (χ4n) is 2.00. The van der Waals surface area contributed by atoms with Crippen LogP contribution in [0.15, 0.2) is 60.5 Å². The van der Waals surface area contributed by atoms with Crippen LogP contribution in [-0.2, 0) is 9.63 Å². The maximum atomic E-state index is 11.9. The van der Waals surface area contributed by atoms with Crippen molar-refractivity contribution in [1.82, 2.24) is 0 Å². The van der Waals surface area contributed by atoms with E-state index >= 15 is 0 Å². The van der Waals surface area contributed by atoms with Crippen molar-refractivity contribution < 1.29 is 19.5 Å². The number of carbonyl (C=O) groups excluding carboxylic acids is 1. The standard InChI is InChI=1S/C16H10ClNO3/c17-13-8-6-11(7-9-13)10-18-15(19)14(16(20)21-18)12-4-2-1-3-5-12/h1-10H/p+1/b18-10-. The van der Waals surface area contributed by atoms with Crippen LogP contribution < -0.4 is 0 Å². The van der Waals surface area contributed by atoms with E-state index in [4.69, 9.17) is 16.4 Å². The topological polar surface area (TPSA) is 49.5 Å². The maximum absolute atomic E-state index is 11.9. The molecule has 0 radical (unpaired) electrons. The molecule has 5 heteroatoms. The Morgan fingerprint density at radius 3 is 2.38 bits per heavy atom. The number of benzene rings is 2. The minimum Gasteiger partial charge on any atom is -0.456 e. The average Bonchev–Trinajstić information content (AvgIpc) is 2.77. The highest BCUT2D eigenvalue weighted by Crippen LogP contribution is 2.25. The Morgan fingerprint density at radius 2 is 1.71 bits per heavy atom. The first-order valence-corrected chi connectivity index (χ1v) is 6.63. The number of halogens is 1. The number of carbonyl (C=O) groups is 1. The zero-order valence-corrected chi connectivity index (χ0v) is 11.6. The van der Waals surface area contributed by atoms with E-state index in [1.54, 1.807) is 48.5 Å². The van der Waals surface area contributed by atoms with Crippen molar-refractivity contribution in [1.29, 1.82) is 0 Å². The summed E-state index contributed by atoms with van der Waals surface area (Å²) in [6.07, 6.45) is 1.51. The van der Waals surface area contributed by atoms with Gasteiger partial charge in [0.15, 0.2) is 5.57 Å². The summed E-state index contributed by atoms with van der Waals surface area (Å²) in [6, 6.07) is 15.8. The van der Waals surface area contributed by atoms with E-state index in [2.05, 4.69) is 0 Å². The third-order valence-electron chi connectivity index (χ3n) is 3.02. The van der Waals surface area contributed by atoms with E-state index in [0.29, 0.717) is 10.6 Å². The fraction of sp³-hybridized carbons (Fsp3) is 0. The van der Waals surface area contributed by atoms with Crippen molar-refractivity contribution in [3.63, 3.8) is 0 Å². The second-order valence-corrected chi connectivity index (χ2v) is 4.89. The summed E-state index contributed by atoms with van der Waals surface area (Å²) >= 11 is 5.81. The summed E-state index contributed by atoms with van der Waals surface area (Å²) in [7, 11) is 0.